The van der Waals surface area contributed by atoms with Crippen LogP contribution in [0.1, 0.15) is 5.56 Å². The maximum Gasteiger partial charge on any atom is 0.187 e. The number of para-hydroxylation sites is 1. The first-order chi connectivity index (χ1) is 4.97. The van der Waals surface area contributed by atoms with Gasteiger partial charge in [-0.15, -0.1) is 0 Å². The van der Waals surface area contributed by atoms with Gasteiger partial charge in [-0.3, -0.25) is 0 Å². The fourth-order valence-corrected chi connectivity index (χ4v) is 1.06. The van der Waals surface area contributed by atoms with Gasteiger partial charge in [-0.1, -0.05) is 24.3 Å². The largest absolute Gasteiger partial charge is 0.489 e. The van der Waals surface area contributed by atoms with Crippen molar-refractivity contribution in [3.8, 4) is 5.75 Å². The second-order valence-corrected chi connectivity index (χ2v) is 2.25. The molecule has 0 fully saturated rings. The van der Waals surface area contributed by atoms with E-state index in [1.807, 2.05) is 30.3 Å². The molecule has 0 unspecified atom stereocenters. The Morgan fingerprint density at radius 3 is 2.67 bits per heavy atom. The van der Waals surface area contributed by atoms with E-state index < -0.39 is 0 Å². The fourth-order valence-electron chi connectivity index (χ4n) is 1.06. The van der Waals surface area contributed by atoms with E-state index in [1.54, 1.807) is 0 Å². The summed E-state index contributed by atoms with van der Waals surface area (Å²) < 4.78 is 5.34. The van der Waals surface area contributed by atoms with Crippen LogP contribution in [-0.2, 0) is 18.6 Å². The van der Waals surface area contributed by atoms with Crippen LogP contribution in [-0.4, -0.2) is 24.0 Å². The molecule has 1 aromatic carbocycles. The molecule has 0 spiro atoms. The monoisotopic (exact) mass is 213 g/mol. The Labute approximate surface area is 94.8 Å². The Balaban J connectivity index is 0.000000605. The van der Waals surface area contributed by atoms with Crippen molar-refractivity contribution in [3.05, 3.63) is 35.9 Å². The predicted octanol–water partition coefficient (Wildman–Crippen LogP) is 0.906. The van der Waals surface area contributed by atoms with Gasteiger partial charge >= 0.3 is 0 Å². The summed E-state index contributed by atoms with van der Waals surface area (Å²) >= 11 is 0. The van der Waals surface area contributed by atoms with E-state index in [1.165, 1.54) is 5.56 Å². The van der Waals surface area contributed by atoms with Gasteiger partial charge in [-0.25, -0.2) is 0 Å². The molecule has 0 aromatic heterocycles. The topological polar surface area (TPSA) is 9.23 Å². The molecule has 1 aliphatic rings. The maximum absolute atomic E-state index is 5.34. The number of rotatable bonds is 0. The van der Waals surface area contributed by atoms with Gasteiger partial charge in [0, 0.05) is 24.1 Å². The molecular formula is C9H11AlOV. The third kappa shape index (κ3) is 2.44. The first-order valence-corrected chi connectivity index (χ1v) is 3.35. The van der Waals surface area contributed by atoms with Crippen molar-refractivity contribution in [2.75, 3.05) is 6.61 Å². The minimum Gasteiger partial charge on any atom is -0.489 e. The molecule has 0 saturated heterocycles. The number of benzene rings is 1. The van der Waals surface area contributed by atoms with Gasteiger partial charge in [0.2, 0.25) is 0 Å². The minimum absolute atomic E-state index is 0. The van der Waals surface area contributed by atoms with Crippen molar-refractivity contribution in [2.45, 2.75) is 0 Å². The van der Waals surface area contributed by atoms with E-state index in [-0.39, 0.29) is 35.9 Å². The molecule has 1 nitrogen and oxygen atoms in total. The zero-order chi connectivity index (χ0) is 6.81. The molecule has 3 heteroatoms. The molecule has 1 aromatic rings. The van der Waals surface area contributed by atoms with Gasteiger partial charge < -0.3 is 4.74 Å². The molecule has 0 atom stereocenters. The normalized spacial score (nSPS) is 11.7. The van der Waals surface area contributed by atoms with Crippen molar-refractivity contribution in [1.82, 2.24) is 0 Å². The molecule has 0 aliphatic carbocycles. The predicted molar refractivity (Wildman–Crippen MR) is 50.9 cm³/mol. The van der Waals surface area contributed by atoms with E-state index >= 15 is 0 Å². The molecule has 2 rings (SSSR count). The molecule has 1 aliphatic heterocycles. The average molecular weight is 213 g/mol. The van der Waals surface area contributed by atoms with E-state index in [0.29, 0.717) is 6.61 Å². The number of fused-ring (bicyclic) bond motifs is 1. The third-order valence-corrected chi connectivity index (χ3v) is 1.55. The molecule has 1 heterocycles. The summed E-state index contributed by atoms with van der Waals surface area (Å²) in [5, 5.41) is 0. The summed E-state index contributed by atoms with van der Waals surface area (Å²) in [6, 6.07) is 8.03. The van der Waals surface area contributed by atoms with E-state index in [0.717, 1.165) is 5.75 Å². The summed E-state index contributed by atoms with van der Waals surface area (Å²) in [5.74, 6) is 0.991. The second-order valence-electron chi connectivity index (χ2n) is 2.25. The van der Waals surface area contributed by atoms with Crippen LogP contribution in [0.5, 0.6) is 5.75 Å². The van der Waals surface area contributed by atoms with E-state index in [2.05, 4.69) is 6.08 Å². The zero-order valence-corrected chi connectivity index (χ0v) is 7.42. The van der Waals surface area contributed by atoms with Crippen LogP contribution < -0.4 is 4.74 Å². The smallest absolute Gasteiger partial charge is 0.187 e. The Kier molecular flexibility index (Phi) is 5.45. The number of hydrogen-bond donors (Lipinski definition) is 0. The van der Waals surface area contributed by atoms with Crippen LogP contribution in [0.25, 0.3) is 6.08 Å². The van der Waals surface area contributed by atoms with Crippen LogP contribution in [0.4, 0.5) is 0 Å². The van der Waals surface area contributed by atoms with Crippen molar-refractivity contribution < 1.29 is 23.3 Å². The third-order valence-electron chi connectivity index (χ3n) is 1.55. The molecule has 12 heavy (non-hydrogen) atoms. The molecule has 0 bridgehead atoms. The first-order valence-electron chi connectivity index (χ1n) is 3.35. The quantitative estimate of drug-likeness (QED) is 0.582. The van der Waals surface area contributed by atoms with Gasteiger partial charge in [0.15, 0.2) is 17.4 Å². The number of ether oxygens (including phenoxy) is 1. The van der Waals surface area contributed by atoms with Crippen LogP contribution in [0.2, 0.25) is 0 Å². The standard InChI is InChI=1S/C9H8O.Al.V.3H/c1-2-6-9-8(4-1)5-3-7-10-9;;;;;/h1-6H,7H2;;;;;. The molecule has 0 N–H and O–H groups in total. The summed E-state index contributed by atoms with van der Waals surface area (Å²) in [4.78, 5) is 0. The van der Waals surface area contributed by atoms with Gasteiger partial charge in [-0.2, -0.15) is 0 Å². The molecule has 1 radical (unpaired) electrons. The Bertz CT molecular complexity index is 273. The molecule has 0 saturated carbocycles. The van der Waals surface area contributed by atoms with Crippen molar-refractivity contribution in [2.24, 2.45) is 0 Å². The maximum atomic E-state index is 5.34. The summed E-state index contributed by atoms with van der Waals surface area (Å²) in [6.45, 7) is 0.705. The van der Waals surface area contributed by atoms with Crippen LogP contribution >= 0.6 is 0 Å². The molecular weight excluding hydrogens is 202 g/mol. The molecule has 61 valence electrons. The van der Waals surface area contributed by atoms with Crippen LogP contribution in [0.3, 0.4) is 0 Å². The average Bonchev–Trinajstić information content (AvgIpc) is 2.05. The fraction of sp³-hybridized carbons (Fsp3) is 0.111. The van der Waals surface area contributed by atoms with Crippen molar-refractivity contribution in [3.63, 3.8) is 0 Å². The summed E-state index contributed by atoms with van der Waals surface area (Å²) in [7, 11) is 0. The summed E-state index contributed by atoms with van der Waals surface area (Å²) in [6.07, 6.45) is 4.10. The van der Waals surface area contributed by atoms with Gasteiger partial charge in [0.25, 0.3) is 0 Å². The van der Waals surface area contributed by atoms with Crippen LogP contribution in [0, 0.1) is 0 Å². The SMILES string of the molecule is C1=Cc2ccccc2OC1.[AlH3].[V]. The van der Waals surface area contributed by atoms with Gasteiger partial charge in [0.1, 0.15) is 12.4 Å². The van der Waals surface area contributed by atoms with Crippen molar-refractivity contribution in [1.29, 1.82) is 0 Å². The van der Waals surface area contributed by atoms with Gasteiger partial charge in [-0.05, 0) is 12.1 Å². The van der Waals surface area contributed by atoms with Crippen LogP contribution in [0.15, 0.2) is 30.3 Å². The molecule has 0 amide bonds. The Hall–Kier alpha value is -0.123. The van der Waals surface area contributed by atoms with Crippen molar-refractivity contribution >= 4 is 23.4 Å². The van der Waals surface area contributed by atoms with E-state index in [9.17, 15) is 0 Å². The van der Waals surface area contributed by atoms with E-state index in [4.69, 9.17) is 4.74 Å². The second kappa shape index (κ2) is 5.51. The number of hydrogen-bond acceptors (Lipinski definition) is 1. The minimum atomic E-state index is 0. The zero-order valence-electron chi connectivity index (χ0n) is 6.03. The first kappa shape index (κ1) is 11.9. The summed E-state index contributed by atoms with van der Waals surface area (Å²) in [5.41, 5.74) is 1.17. The Morgan fingerprint density at radius 2 is 1.92 bits per heavy atom. The van der Waals surface area contributed by atoms with Gasteiger partial charge in [0.05, 0.1) is 0 Å². The Morgan fingerprint density at radius 1 is 1.17 bits per heavy atom.